The molecule has 0 radical (unpaired) electrons. The molecule has 1 amide bonds. The molecule has 1 aromatic rings. The van der Waals surface area contributed by atoms with Crippen LogP contribution in [0.25, 0.3) is 0 Å². The first kappa shape index (κ1) is 11.7. The highest BCUT2D eigenvalue weighted by Crippen LogP contribution is 2.07. The van der Waals surface area contributed by atoms with Gasteiger partial charge in [0.2, 0.25) is 0 Å². The molecule has 0 fully saturated rings. The minimum absolute atomic E-state index is 0.0620. The Morgan fingerprint density at radius 2 is 2.40 bits per heavy atom. The van der Waals surface area contributed by atoms with Gasteiger partial charge in [0.05, 0.1) is 17.9 Å². The molecule has 15 heavy (non-hydrogen) atoms. The average Bonchev–Trinajstić information content (AvgIpc) is 2.59. The number of hydrogen-bond acceptors (Lipinski definition) is 3. The molecule has 0 spiro atoms. The summed E-state index contributed by atoms with van der Waals surface area (Å²) >= 11 is 0. The summed E-state index contributed by atoms with van der Waals surface area (Å²) in [4.78, 5) is 11.7. The van der Waals surface area contributed by atoms with Crippen LogP contribution < -0.4 is 5.32 Å². The van der Waals surface area contributed by atoms with Crippen molar-refractivity contribution in [1.29, 1.82) is 0 Å². The van der Waals surface area contributed by atoms with Crippen molar-refractivity contribution < 1.29 is 9.90 Å². The summed E-state index contributed by atoms with van der Waals surface area (Å²) in [6.45, 7) is 3.64. The zero-order valence-electron chi connectivity index (χ0n) is 9.32. The van der Waals surface area contributed by atoms with E-state index in [2.05, 4.69) is 10.4 Å². The first-order chi connectivity index (χ1) is 7.08. The number of carbonyl (C=O) groups excluding carboxylic acids is 1. The maximum absolute atomic E-state index is 11.7. The van der Waals surface area contributed by atoms with Crippen LogP contribution in [0.15, 0.2) is 6.20 Å². The fourth-order valence-electron chi connectivity index (χ4n) is 1.33. The number of aryl methyl sites for hydroxylation is 2. The van der Waals surface area contributed by atoms with Gasteiger partial charge in [0, 0.05) is 19.3 Å². The van der Waals surface area contributed by atoms with Gasteiger partial charge < -0.3 is 10.4 Å². The summed E-state index contributed by atoms with van der Waals surface area (Å²) in [6.07, 6.45) is 2.41. The highest BCUT2D eigenvalue weighted by Gasteiger charge is 2.15. The molecule has 0 aliphatic carbocycles. The predicted molar refractivity (Wildman–Crippen MR) is 56.6 cm³/mol. The van der Waals surface area contributed by atoms with Crippen LogP contribution in [-0.4, -0.2) is 33.4 Å². The Hall–Kier alpha value is -1.36. The van der Waals surface area contributed by atoms with Crippen molar-refractivity contribution in [3.63, 3.8) is 0 Å². The van der Waals surface area contributed by atoms with E-state index in [1.54, 1.807) is 24.9 Å². The molecule has 2 N–H and O–H groups in total. The number of aliphatic hydroxyl groups is 1. The van der Waals surface area contributed by atoms with E-state index in [0.717, 1.165) is 12.1 Å². The topological polar surface area (TPSA) is 67.2 Å². The fraction of sp³-hybridized carbons (Fsp3) is 0.600. The molecular weight excluding hydrogens is 194 g/mol. The predicted octanol–water partition coefficient (Wildman–Crippen LogP) is 0.0931. The van der Waals surface area contributed by atoms with E-state index in [0.29, 0.717) is 5.56 Å². The molecule has 1 heterocycles. The Bertz CT molecular complexity index is 346. The summed E-state index contributed by atoms with van der Waals surface area (Å²) in [5.74, 6) is -0.179. The second-order valence-electron chi connectivity index (χ2n) is 3.57. The number of aliphatic hydroxyl groups excluding tert-OH is 1. The van der Waals surface area contributed by atoms with Crippen molar-refractivity contribution in [3.8, 4) is 0 Å². The van der Waals surface area contributed by atoms with Gasteiger partial charge in [-0.3, -0.25) is 9.48 Å². The number of nitrogens with zero attached hydrogens (tertiary/aromatic N) is 2. The number of hydrogen-bond donors (Lipinski definition) is 2. The SMILES string of the molecule is CCc1nn(C)cc1C(=O)NC(C)CO. The largest absolute Gasteiger partial charge is 0.394 e. The standard InChI is InChI=1S/C10H17N3O2/c1-4-9-8(5-13(3)12-9)10(15)11-7(2)6-14/h5,7,14H,4,6H2,1-3H3,(H,11,15). The fourth-order valence-corrected chi connectivity index (χ4v) is 1.33. The van der Waals surface area contributed by atoms with Gasteiger partial charge in [0.25, 0.3) is 5.91 Å². The molecule has 0 saturated carbocycles. The first-order valence-electron chi connectivity index (χ1n) is 5.02. The summed E-state index contributed by atoms with van der Waals surface area (Å²) in [5, 5.41) is 15.7. The molecule has 1 unspecified atom stereocenters. The van der Waals surface area contributed by atoms with Crippen LogP contribution in [0.1, 0.15) is 29.9 Å². The summed E-state index contributed by atoms with van der Waals surface area (Å²) < 4.78 is 1.62. The third-order valence-corrected chi connectivity index (χ3v) is 2.14. The van der Waals surface area contributed by atoms with Gasteiger partial charge >= 0.3 is 0 Å². The van der Waals surface area contributed by atoms with Crippen molar-refractivity contribution in [2.24, 2.45) is 7.05 Å². The average molecular weight is 211 g/mol. The molecule has 0 aromatic carbocycles. The molecule has 5 heteroatoms. The van der Waals surface area contributed by atoms with Crippen molar-refractivity contribution in [1.82, 2.24) is 15.1 Å². The second-order valence-corrected chi connectivity index (χ2v) is 3.57. The number of rotatable bonds is 4. The maximum atomic E-state index is 11.7. The number of aromatic nitrogens is 2. The van der Waals surface area contributed by atoms with Gasteiger partial charge in [0.15, 0.2) is 0 Å². The van der Waals surface area contributed by atoms with Crippen LogP contribution in [-0.2, 0) is 13.5 Å². The lowest BCUT2D eigenvalue weighted by Crippen LogP contribution is -2.35. The molecule has 1 rings (SSSR count). The first-order valence-corrected chi connectivity index (χ1v) is 5.02. The molecular formula is C10H17N3O2. The molecule has 1 aromatic heterocycles. The van der Waals surface area contributed by atoms with Crippen LogP contribution in [0.4, 0.5) is 0 Å². The van der Waals surface area contributed by atoms with Crippen LogP contribution in [0.3, 0.4) is 0 Å². The van der Waals surface area contributed by atoms with E-state index >= 15 is 0 Å². The van der Waals surface area contributed by atoms with Crippen molar-refractivity contribution in [2.75, 3.05) is 6.61 Å². The maximum Gasteiger partial charge on any atom is 0.255 e. The Labute approximate surface area is 89.1 Å². The molecule has 84 valence electrons. The summed E-state index contributed by atoms with van der Waals surface area (Å²) in [7, 11) is 1.78. The molecule has 0 aliphatic heterocycles. The van der Waals surface area contributed by atoms with Crippen molar-refractivity contribution >= 4 is 5.91 Å². The molecule has 0 aliphatic rings. The highest BCUT2D eigenvalue weighted by molar-refractivity contribution is 5.95. The van der Waals surface area contributed by atoms with Gasteiger partial charge in [-0.05, 0) is 13.3 Å². The highest BCUT2D eigenvalue weighted by atomic mass is 16.3. The normalized spacial score (nSPS) is 12.5. The van der Waals surface area contributed by atoms with E-state index in [-0.39, 0.29) is 18.6 Å². The Balaban J connectivity index is 2.81. The van der Waals surface area contributed by atoms with Gasteiger partial charge in [-0.1, -0.05) is 6.92 Å². The van der Waals surface area contributed by atoms with E-state index in [4.69, 9.17) is 5.11 Å². The minimum Gasteiger partial charge on any atom is -0.394 e. The van der Waals surface area contributed by atoms with E-state index < -0.39 is 0 Å². The number of amides is 1. The number of carbonyl (C=O) groups is 1. The van der Waals surface area contributed by atoms with Gasteiger partial charge in [-0.15, -0.1) is 0 Å². The molecule has 5 nitrogen and oxygen atoms in total. The summed E-state index contributed by atoms with van der Waals surface area (Å²) in [5.41, 5.74) is 1.36. The zero-order chi connectivity index (χ0) is 11.4. The smallest absolute Gasteiger partial charge is 0.255 e. The van der Waals surface area contributed by atoms with Crippen LogP contribution in [0, 0.1) is 0 Å². The van der Waals surface area contributed by atoms with Crippen molar-refractivity contribution in [2.45, 2.75) is 26.3 Å². The van der Waals surface area contributed by atoms with Crippen LogP contribution in [0.2, 0.25) is 0 Å². The molecule has 0 saturated heterocycles. The van der Waals surface area contributed by atoms with Gasteiger partial charge in [-0.25, -0.2) is 0 Å². The van der Waals surface area contributed by atoms with Crippen molar-refractivity contribution in [3.05, 3.63) is 17.5 Å². The van der Waals surface area contributed by atoms with Crippen LogP contribution in [0.5, 0.6) is 0 Å². The van der Waals surface area contributed by atoms with Gasteiger partial charge in [-0.2, -0.15) is 5.10 Å². The Morgan fingerprint density at radius 1 is 1.73 bits per heavy atom. The lowest BCUT2D eigenvalue weighted by atomic mass is 10.2. The quantitative estimate of drug-likeness (QED) is 0.742. The lowest BCUT2D eigenvalue weighted by molar-refractivity contribution is 0.0921. The minimum atomic E-state index is -0.234. The van der Waals surface area contributed by atoms with Crippen LogP contribution >= 0.6 is 0 Å². The number of nitrogens with one attached hydrogen (secondary N) is 1. The Kier molecular flexibility index (Phi) is 3.85. The Morgan fingerprint density at radius 3 is 2.93 bits per heavy atom. The molecule has 1 atom stereocenters. The third-order valence-electron chi connectivity index (χ3n) is 2.14. The zero-order valence-corrected chi connectivity index (χ0v) is 9.32. The monoisotopic (exact) mass is 211 g/mol. The van der Waals surface area contributed by atoms with E-state index in [1.807, 2.05) is 6.92 Å². The second kappa shape index (κ2) is 4.93. The molecule has 0 bridgehead atoms. The third kappa shape index (κ3) is 2.79. The van der Waals surface area contributed by atoms with E-state index in [9.17, 15) is 4.79 Å². The lowest BCUT2D eigenvalue weighted by Gasteiger charge is -2.09. The van der Waals surface area contributed by atoms with Gasteiger partial charge in [0.1, 0.15) is 0 Å². The van der Waals surface area contributed by atoms with E-state index in [1.165, 1.54) is 0 Å². The summed E-state index contributed by atoms with van der Waals surface area (Å²) in [6, 6.07) is -0.234.